The molecule has 0 aliphatic heterocycles. The summed E-state index contributed by atoms with van der Waals surface area (Å²) in [6.07, 6.45) is 1.65. The summed E-state index contributed by atoms with van der Waals surface area (Å²) >= 11 is 0. The minimum absolute atomic E-state index is 0.195. The van der Waals surface area contributed by atoms with Crippen molar-refractivity contribution < 1.29 is 9.59 Å². The Morgan fingerprint density at radius 3 is 2.56 bits per heavy atom. The third-order valence-corrected chi connectivity index (χ3v) is 3.51. The first kappa shape index (κ1) is 16.3. The summed E-state index contributed by atoms with van der Waals surface area (Å²) in [5.74, 6) is -0.690. The lowest BCUT2D eigenvalue weighted by molar-refractivity contribution is -0.121. The van der Waals surface area contributed by atoms with Crippen LogP contribution >= 0.6 is 0 Å². The van der Waals surface area contributed by atoms with Crippen LogP contribution in [-0.4, -0.2) is 32.0 Å². The first-order valence-corrected chi connectivity index (χ1v) is 7.60. The van der Waals surface area contributed by atoms with E-state index in [0.717, 1.165) is 16.8 Å². The van der Waals surface area contributed by atoms with E-state index in [9.17, 15) is 9.59 Å². The van der Waals surface area contributed by atoms with Gasteiger partial charge >= 0.3 is 0 Å². The lowest BCUT2D eigenvalue weighted by atomic mass is 10.1. The van der Waals surface area contributed by atoms with Crippen LogP contribution in [0.1, 0.15) is 21.5 Å². The average Bonchev–Trinajstić information content (AvgIpc) is 3.14. The van der Waals surface area contributed by atoms with E-state index in [-0.39, 0.29) is 12.3 Å². The van der Waals surface area contributed by atoms with Crippen molar-refractivity contribution >= 4 is 11.8 Å². The molecule has 2 amide bonds. The predicted octanol–water partition coefficient (Wildman–Crippen LogP) is 0.974. The summed E-state index contributed by atoms with van der Waals surface area (Å²) < 4.78 is 1.48. The van der Waals surface area contributed by atoms with Gasteiger partial charge in [0, 0.05) is 5.56 Å². The zero-order chi connectivity index (χ0) is 17.6. The summed E-state index contributed by atoms with van der Waals surface area (Å²) in [5, 5.41) is 10.9. The maximum absolute atomic E-state index is 12.1. The molecule has 0 aliphatic rings. The van der Waals surface area contributed by atoms with Gasteiger partial charge in [-0.05, 0) is 47.2 Å². The highest BCUT2D eigenvalue weighted by Gasteiger charge is 2.09. The molecule has 0 saturated carbocycles. The number of aromatic nitrogens is 4. The standard InChI is InChI=1S/C17H16N6O2/c1-12-3-2-4-13(9-12)10-16(24)19-20-17(25)14-5-7-15(8-6-14)23-11-18-21-22-23/h2-9,11H,10H2,1H3,(H,19,24)(H,20,25). The second-order valence-electron chi connectivity index (χ2n) is 5.47. The van der Waals surface area contributed by atoms with Crippen LogP contribution in [0.3, 0.4) is 0 Å². The molecule has 0 saturated heterocycles. The lowest BCUT2D eigenvalue weighted by Gasteiger charge is -2.08. The third kappa shape index (κ3) is 4.25. The number of nitrogens with one attached hydrogen (secondary N) is 2. The van der Waals surface area contributed by atoms with Crippen LogP contribution in [0, 0.1) is 6.92 Å². The Hall–Kier alpha value is -3.55. The van der Waals surface area contributed by atoms with Crippen LogP contribution in [0.15, 0.2) is 54.9 Å². The third-order valence-electron chi connectivity index (χ3n) is 3.51. The molecule has 0 spiro atoms. The quantitative estimate of drug-likeness (QED) is 0.691. The molecule has 0 radical (unpaired) electrons. The number of carbonyl (C=O) groups is 2. The number of hydrogen-bond donors (Lipinski definition) is 2. The Morgan fingerprint density at radius 1 is 1.08 bits per heavy atom. The molecule has 8 heteroatoms. The molecule has 126 valence electrons. The number of aryl methyl sites for hydroxylation is 1. The summed E-state index contributed by atoms with van der Waals surface area (Å²) in [4.78, 5) is 24.0. The van der Waals surface area contributed by atoms with Gasteiger partial charge in [0.05, 0.1) is 12.1 Å². The number of hydrazine groups is 1. The number of amides is 2. The van der Waals surface area contributed by atoms with Crippen molar-refractivity contribution in [1.29, 1.82) is 0 Å². The molecule has 0 bridgehead atoms. The van der Waals surface area contributed by atoms with E-state index < -0.39 is 5.91 Å². The number of hydrogen-bond acceptors (Lipinski definition) is 5. The van der Waals surface area contributed by atoms with Crippen molar-refractivity contribution in [1.82, 2.24) is 31.1 Å². The lowest BCUT2D eigenvalue weighted by Crippen LogP contribution is -2.42. The Morgan fingerprint density at radius 2 is 1.88 bits per heavy atom. The molecule has 1 heterocycles. The van der Waals surface area contributed by atoms with E-state index in [1.807, 2.05) is 31.2 Å². The fourth-order valence-corrected chi connectivity index (χ4v) is 2.30. The molecule has 0 fully saturated rings. The van der Waals surface area contributed by atoms with Crippen molar-refractivity contribution in [2.45, 2.75) is 13.3 Å². The molecular formula is C17H16N6O2. The van der Waals surface area contributed by atoms with Crippen LogP contribution in [0.5, 0.6) is 0 Å². The SMILES string of the molecule is Cc1cccc(CC(=O)NNC(=O)c2ccc(-n3cnnn3)cc2)c1. The van der Waals surface area contributed by atoms with Crippen LogP contribution in [0.25, 0.3) is 5.69 Å². The monoisotopic (exact) mass is 336 g/mol. The summed E-state index contributed by atoms with van der Waals surface area (Å²) in [6.45, 7) is 1.96. The van der Waals surface area contributed by atoms with Gasteiger partial charge in [-0.1, -0.05) is 29.8 Å². The number of carbonyl (C=O) groups excluding carboxylic acids is 2. The fourth-order valence-electron chi connectivity index (χ4n) is 2.30. The van der Waals surface area contributed by atoms with Crippen LogP contribution in [0.2, 0.25) is 0 Å². The Balaban J connectivity index is 1.54. The molecule has 2 N–H and O–H groups in total. The van der Waals surface area contributed by atoms with Crippen LogP contribution in [0.4, 0.5) is 0 Å². The molecule has 0 atom stereocenters. The van der Waals surface area contributed by atoms with Crippen molar-refractivity contribution in [3.63, 3.8) is 0 Å². The number of nitrogens with zero attached hydrogens (tertiary/aromatic N) is 4. The zero-order valence-electron chi connectivity index (χ0n) is 13.5. The smallest absolute Gasteiger partial charge is 0.269 e. The molecule has 1 aromatic heterocycles. The van der Waals surface area contributed by atoms with E-state index in [4.69, 9.17) is 0 Å². The van der Waals surface area contributed by atoms with E-state index in [2.05, 4.69) is 26.4 Å². The van der Waals surface area contributed by atoms with Crippen molar-refractivity contribution in [3.05, 3.63) is 71.5 Å². The Bertz CT molecular complexity index is 874. The van der Waals surface area contributed by atoms with Gasteiger partial charge in [-0.25, -0.2) is 4.68 Å². The molecule has 25 heavy (non-hydrogen) atoms. The van der Waals surface area contributed by atoms with E-state index >= 15 is 0 Å². The molecule has 2 aromatic carbocycles. The zero-order valence-corrected chi connectivity index (χ0v) is 13.5. The van der Waals surface area contributed by atoms with Gasteiger partial charge in [-0.15, -0.1) is 5.10 Å². The highest BCUT2D eigenvalue weighted by molar-refractivity contribution is 5.95. The predicted molar refractivity (Wildman–Crippen MR) is 89.6 cm³/mol. The number of tetrazole rings is 1. The largest absolute Gasteiger partial charge is 0.273 e. The van der Waals surface area contributed by atoms with Crippen molar-refractivity contribution in [2.75, 3.05) is 0 Å². The van der Waals surface area contributed by atoms with Crippen molar-refractivity contribution in [2.24, 2.45) is 0 Å². The maximum atomic E-state index is 12.1. The van der Waals surface area contributed by atoms with E-state index in [0.29, 0.717) is 5.56 Å². The second-order valence-corrected chi connectivity index (χ2v) is 5.47. The minimum atomic E-state index is -0.402. The van der Waals surface area contributed by atoms with Gasteiger partial charge in [0.1, 0.15) is 6.33 Å². The van der Waals surface area contributed by atoms with Gasteiger partial charge in [0.25, 0.3) is 5.91 Å². The first-order chi connectivity index (χ1) is 12.1. The van der Waals surface area contributed by atoms with E-state index in [1.54, 1.807) is 24.3 Å². The van der Waals surface area contributed by atoms with Crippen LogP contribution < -0.4 is 10.9 Å². The number of rotatable bonds is 4. The summed E-state index contributed by atoms with van der Waals surface area (Å²) in [5.41, 5.74) is 7.92. The maximum Gasteiger partial charge on any atom is 0.269 e. The molecule has 8 nitrogen and oxygen atoms in total. The minimum Gasteiger partial charge on any atom is -0.273 e. The molecule has 0 unspecified atom stereocenters. The molecule has 3 rings (SSSR count). The topological polar surface area (TPSA) is 102 Å². The van der Waals surface area contributed by atoms with Gasteiger partial charge in [0.2, 0.25) is 5.91 Å². The van der Waals surface area contributed by atoms with Gasteiger partial charge in [0.15, 0.2) is 0 Å². The van der Waals surface area contributed by atoms with Gasteiger partial charge < -0.3 is 0 Å². The fraction of sp³-hybridized carbons (Fsp3) is 0.118. The van der Waals surface area contributed by atoms with Gasteiger partial charge in [-0.2, -0.15) is 0 Å². The average molecular weight is 336 g/mol. The molecular weight excluding hydrogens is 320 g/mol. The Labute approximate surface area is 143 Å². The second kappa shape index (κ2) is 7.35. The molecule has 3 aromatic rings. The molecule has 0 aliphatic carbocycles. The summed E-state index contributed by atoms with van der Waals surface area (Å²) in [7, 11) is 0. The van der Waals surface area contributed by atoms with Crippen LogP contribution in [-0.2, 0) is 11.2 Å². The summed E-state index contributed by atoms with van der Waals surface area (Å²) in [6, 6.07) is 14.3. The Kier molecular flexibility index (Phi) is 4.79. The highest BCUT2D eigenvalue weighted by atomic mass is 16.2. The van der Waals surface area contributed by atoms with E-state index in [1.165, 1.54) is 11.0 Å². The first-order valence-electron chi connectivity index (χ1n) is 7.60. The highest BCUT2D eigenvalue weighted by Crippen LogP contribution is 2.07. The normalized spacial score (nSPS) is 10.3. The van der Waals surface area contributed by atoms with Gasteiger partial charge in [-0.3, -0.25) is 20.4 Å². The van der Waals surface area contributed by atoms with Crippen molar-refractivity contribution in [3.8, 4) is 5.69 Å². The number of benzene rings is 2.